The summed E-state index contributed by atoms with van der Waals surface area (Å²) in [6, 6.07) is 7.38. The van der Waals surface area contributed by atoms with E-state index in [0.29, 0.717) is 48.7 Å². The van der Waals surface area contributed by atoms with Crippen LogP contribution in [0.2, 0.25) is 0 Å². The molecule has 12 nitrogen and oxygen atoms in total. The fraction of sp³-hybridized carbons (Fsp3) is 0.286. The molecule has 178 valence electrons. The zero-order valence-corrected chi connectivity index (χ0v) is 18.5. The second kappa shape index (κ2) is 10.3. The third-order valence-electron chi connectivity index (χ3n) is 4.90. The fourth-order valence-electron chi connectivity index (χ4n) is 3.29. The lowest BCUT2D eigenvalue weighted by Gasteiger charge is -2.36. The minimum absolute atomic E-state index is 0.0698. The molecular weight excluding hydrogens is 468 g/mol. The molecule has 1 amide bonds. The molecule has 0 spiro atoms. The van der Waals surface area contributed by atoms with Gasteiger partial charge in [0.1, 0.15) is 13.2 Å². The van der Waals surface area contributed by atoms with Crippen LogP contribution < -0.4 is 14.8 Å². The van der Waals surface area contributed by atoms with E-state index in [1.54, 1.807) is 17.4 Å². The molecule has 4 heterocycles. The van der Waals surface area contributed by atoms with Crippen LogP contribution in [0.1, 0.15) is 11.8 Å². The molecule has 0 saturated carbocycles. The van der Waals surface area contributed by atoms with E-state index in [9.17, 15) is 4.79 Å². The van der Waals surface area contributed by atoms with Gasteiger partial charge in [-0.05, 0) is 23.6 Å². The first kappa shape index (κ1) is 23.2. The molecule has 0 bridgehead atoms. The highest BCUT2D eigenvalue weighted by molar-refractivity contribution is 7.08. The smallest absolute Gasteiger partial charge is 0.414 e. The number of carbonyl (C=O) groups excluding carboxylic acids is 1. The number of aromatic nitrogens is 2. The molecule has 0 radical (unpaired) electrons. The van der Waals surface area contributed by atoms with E-state index >= 15 is 0 Å². The number of aliphatic carboxylic acids is 2. The number of hydrogen-bond donors (Lipinski definition) is 3. The molecule has 0 aliphatic carbocycles. The molecular formula is C21H20N4O8S. The van der Waals surface area contributed by atoms with Crippen LogP contribution in [0.15, 0.2) is 39.5 Å². The van der Waals surface area contributed by atoms with Gasteiger partial charge in [-0.2, -0.15) is 16.3 Å². The Hall–Kier alpha value is -3.97. The van der Waals surface area contributed by atoms with Gasteiger partial charge in [-0.3, -0.25) is 9.69 Å². The quantitative estimate of drug-likeness (QED) is 0.448. The summed E-state index contributed by atoms with van der Waals surface area (Å²) in [6.07, 6.45) is 0. The first-order valence-electron chi connectivity index (χ1n) is 10.1. The van der Waals surface area contributed by atoms with Crippen molar-refractivity contribution in [1.82, 2.24) is 15.0 Å². The molecule has 1 saturated heterocycles. The number of carboxylic acid groups (broad SMARTS) is 2. The summed E-state index contributed by atoms with van der Waals surface area (Å²) < 4.78 is 16.4. The average molecular weight is 488 g/mol. The zero-order chi connectivity index (χ0) is 24.1. The lowest BCUT2D eigenvalue weighted by atomic mass is 10.0. The maximum Gasteiger partial charge on any atom is 0.414 e. The minimum atomic E-state index is -1.82. The van der Waals surface area contributed by atoms with Gasteiger partial charge in [0.05, 0.1) is 12.5 Å². The topological polar surface area (TPSA) is 164 Å². The third kappa shape index (κ3) is 5.68. The predicted molar refractivity (Wildman–Crippen MR) is 118 cm³/mol. The van der Waals surface area contributed by atoms with Gasteiger partial charge < -0.3 is 29.5 Å². The minimum Gasteiger partial charge on any atom is -0.486 e. The van der Waals surface area contributed by atoms with Crippen molar-refractivity contribution in [1.29, 1.82) is 0 Å². The monoisotopic (exact) mass is 488 g/mol. The Morgan fingerprint density at radius 1 is 1.09 bits per heavy atom. The van der Waals surface area contributed by atoms with Crippen molar-refractivity contribution >= 4 is 34.9 Å². The molecule has 2 aliphatic rings. The summed E-state index contributed by atoms with van der Waals surface area (Å²) >= 11 is 1.60. The second-order valence-corrected chi connectivity index (χ2v) is 8.16. The van der Waals surface area contributed by atoms with Gasteiger partial charge in [0.15, 0.2) is 11.5 Å². The molecule has 3 aromatic rings. The molecule has 13 heteroatoms. The highest BCUT2D eigenvalue weighted by Crippen LogP contribution is 2.33. The summed E-state index contributed by atoms with van der Waals surface area (Å²) in [5, 5.41) is 25.7. The summed E-state index contributed by atoms with van der Waals surface area (Å²) in [7, 11) is 0. The van der Waals surface area contributed by atoms with E-state index in [1.165, 1.54) is 0 Å². The van der Waals surface area contributed by atoms with E-state index < -0.39 is 11.9 Å². The number of likely N-dealkylation sites (tertiary alicyclic amines) is 1. The van der Waals surface area contributed by atoms with Crippen molar-refractivity contribution < 1.29 is 38.6 Å². The van der Waals surface area contributed by atoms with E-state index in [4.69, 9.17) is 33.8 Å². The number of fused-ring (bicyclic) bond motifs is 1. The Labute approximate surface area is 196 Å². The largest absolute Gasteiger partial charge is 0.486 e. The highest BCUT2D eigenvalue weighted by Gasteiger charge is 2.33. The Kier molecular flexibility index (Phi) is 7.04. The molecule has 0 unspecified atom stereocenters. The van der Waals surface area contributed by atoms with Crippen LogP contribution in [-0.2, 0) is 14.4 Å². The van der Waals surface area contributed by atoms with Crippen molar-refractivity contribution in [2.75, 3.05) is 38.2 Å². The number of hydrogen-bond acceptors (Lipinski definition) is 10. The molecule has 5 rings (SSSR count). The number of rotatable bonds is 5. The SMILES string of the molecule is O=C(CN1CC(c2nc(-c3ccsc3)no2)C1)Nc1ccc2c(c1)OCCO2.O=C(O)C(=O)O. The second-order valence-electron chi connectivity index (χ2n) is 7.38. The first-order valence-corrected chi connectivity index (χ1v) is 11.1. The van der Waals surface area contributed by atoms with Crippen LogP contribution in [0.5, 0.6) is 11.5 Å². The van der Waals surface area contributed by atoms with Gasteiger partial charge in [0, 0.05) is 35.8 Å². The van der Waals surface area contributed by atoms with Crippen LogP contribution in [0.4, 0.5) is 5.69 Å². The number of benzene rings is 1. The van der Waals surface area contributed by atoms with Crippen molar-refractivity contribution in [3.05, 3.63) is 40.9 Å². The van der Waals surface area contributed by atoms with Gasteiger partial charge in [0.2, 0.25) is 17.6 Å². The van der Waals surface area contributed by atoms with Crippen LogP contribution in [0, 0.1) is 0 Å². The van der Waals surface area contributed by atoms with Crippen molar-refractivity contribution in [2.24, 2.45) is 0 Å². The number of nitrogens with zero attached hydrogens (tertiary/aromatic N) is 3. The molecule has 0 atom stereocenters. The van der Waals surface area contributed by atoms with Gasteiger partial charge in [0.25, 0.3) is 0 Å². The predicted octanol–water partition coefficient (Wildman–Crippen LogP) is 1.76. The normalized spacial score (nSPS) is 14.9. The molecule has 34 heavy (non-hydrogen) atoms. The van der Waals surface area contributed by atoms with Crippen molar-refractivity contribution in [2.45, 2.75) is 5.92 Å². The first-order chi connectivity index (χ1) is 16.4. The van der Waals surface area contributed by atoms with Gasteiger partial charge >= 0.3 is 11.9 Å². The van der Waals surface area contributed by atoms with E-state index in [1.807, 2.05) is 33.9 Å². The number of carboxylic acids is 2. The molecule has 2 aromatic heterocycles. The third-order valence-corrected chi connectivity index (χ3v) is 5.59. The average Bonchev–Trinajstić information content (AvgIpc) is 3.48. The molecule has 3 N–H and O–H groups in total. The van der Waals surface area contributed by atoms with E-state index in [0.717, 1.165) is 18.7 Å². The van der Waals surface area contributed by atoms with Crippen LogP contribution in [0.3, 0.4) is 0 Å². The molecule has 1 aromatic carbocycles. The lowest BCUT2D eigenvalue weighted by Crippen LogP contribution is -2.48. The van der Waals surface area contributed by atoms with Crippen molar-refractivity contribution in [3.63, 3.8) is 0 Å². The lowest BCUT2D eigenvalue weighted by molar-refractivity contribution is -0.159. The van der Waals surface area contributed by atoms with Crippen LogP contribution >= 0.6 is 11.3 Å². The van der Waals surface area contributed by atoms with E-state index in [2.05, 4.69) is 15.5 Å². The summed E-state index contributed by atoms with van der Waals surface area (Å²) in [6.45, 7) is 2.82. The number of carbonyl (C=O) groups is 3. The number of nitrogens with one attached hydrogen (secondary N) is 1. The summed E-state index contributed by atoms with van der Waals surface area (Å²) in [5.74, 6) is -0.940. The van der Waals surface area contributed by atoms with Gasteiger partial charge in [-0.25, -0.2) is 9.59 Å². The Morgan fingerprint density at radius 3 is 2.50 bits per heavy atom. The van der Waals surface area contributed by atoms with Crippen LogP contribution in [0.25, 0.3) is 11.4 Å². The standard InChI is InChI=1S/C19H18N4O4S.C2H2O4/c24-17(20-14-1-2-15-16(7-14)26-5-4-25-15)10-23-8-13(9-23)19-21-18(22-27-19)12-3-6-28-11-12;3-1(4)2(5)6/h1-3,6-7,11,13H,4-5,8-10H2,(H,20,24);(H,3,4)(H,5,6). The zero-order valence-electron chi connectivity index (χ0n) is 17.7. The molecule has 1 fully saturated rings. The number of ether oxygens (including phenoxy) is 2. The van der Waals surface area contributed by atoms with Gasteiger partial charge in [-0.1, -0.05) is 5.16 Å². The summed E-state index contributed by atoms with van der Waals surface area (Å²) in [5.41, 5.74) is 1.67. The Balaban J connectivity index is 0.000000408. The number of anilines is 1. The fourth-order valence-corrected chi connectivity index (χ4v) is 3.92. The van der Waals surface area contributed by atoms with Gasteiger partial charge in [-0.15, -0.1) is 0 Å². The van der Waals surface area contributed by atoms with Crippen molar-refractivity contribution in [3.8, 4) is 22.9 Å². The Morgan fingerprint density at radius 2 is 1.82 bits per heavy atom. The maximum absolute atomic E-state index is 12.3. The summed E-state index contributed by atoms with van der Waals surface area (Å²) in [4.78, 5) is 37.0. The molecule has 2 aliphatic heterocycles. The maximum atomic E-state index is 12.3. The van der Waals surface area contributed by atoms with E-state index in [-0.39, 0.29) is 11.8 Å². The number of amides is 1. The Bertz CT molecular complexity index is 1160. The van der Waals surface area contributed by atoms with Crippen LogP contribution in [-0.4, -0.2) is 75.9 Å². The number of thiophene rings is 1. The highest BCUT2D eigenvalue weighted by atomic mass is 32.1.